The van der Waals surface area contributed by atoms with Gasteiger partial charge in [-0.2, -0.15) is 14.6 Å². The number of fused-ring (bicyclic) bond motifs is 1. The first-order chi connectivity index (χ1) is 19.6. The maximum atomic E-state index is 13.4. The fourth-order valence-electron chi connectivity index (χ4n) is 4.48. The van der Waals surface area contributed by atoms with Gasteiger partial charge in [0.2, 0.25) is 4.96 Å². The van der Waals surface area contributed by atoms with Gasteiger partial charge in [-0.05, 0) is 55.8 Å². The normalized spacial score (nSPS) is 11.9. The van der Waals surface area contributed by atoms with Crippen molar-refractivity contribution in [3.8, 4) is 34.1 Å². The zero-order valence-electron chi connectivity index (χ0n) is 22.4. The van der Waals surface area contributed by atoms with Crippen molar-refractivity contribution in [1.29, 1.82) is 0 Å². The average molecular weight is 548 g/mol. The van der Waals surface area contributed by atoms with Crippen molar-refractivity contribution in [3.63, 3.8) is 0 Å². The second-order valence-corrected chi connectivity index (χ2v) is 10.7. The molecule has 0 aliphatic rings. The van der Waals surface area contributed by atoms with Crippen LogP contribution in [0.5, 0.6) is 5.75 Å². The van der Waals surface area contributed by atoms with E-state index in [0.717, 1.165) is 53.1 Å². The molecular weight excluding hydrogens is 518 g/mol. The summed E-state index contributed by atoms with van der Waals surface area (Å²) >= 11 is 1.32. The summed E-state index contributed by atoms with van der Waals surface area (Å²) in [5.74, 6) is 1.34. The molecule has 0 radical (unpaired) electrons. The zero-order chi connectivity index (χ0) is 27.5. The molecule has 7 nitrogen and oxygen atoms in total. The molecule has 0 bridgehead atoms. The first-order valence-corrected chi connectivity index (χ1v) is 14.3. The maximum Gasteiger partial charge on any atom is 0.291 e. The molecule has 0 spiro atoms. The summed E-state index contributed by atoms with van der Waals surface area (Å²) in [4.78, 5) is 18.6. The molecular formula is C32H29N5O2S. The fraction of sp³-hybridized carbons (Fsp3) is 0.188. The molecule has 3 heterocycles. The molecule has 0 fully saturated rings. The van der Waals surface area contributed by atoms with E-state index < -0.39 is 0 Å². The summed E-state index contributed by atoms with van der Waals surface area (Å²) in [6.45, 7) is 4.94. The van der Waals surface area contributed by atoms with Gasteiger partial charge < -0.3 is 4.74 Å². The number of hydrogen-bond donors (Lipinski definition) is 0. The van der Waals surface area contributed by atoms with E-state index in [0.29, 0.717) is 21.9 Å². The Morgan fingerprint density at radius 3 is 2.38 bits per heavy atom. The first-order valence-electron chi connectivity index (χ1n) is 13.5. The zero-order valence-corrected chi connectivity index (χ0v) is 23.3. The van der Waals surface area contributed by atoms with E-state index in [1.165, 1.54) is 21.4 Å². The number of rotatable bonds is 9. The third kappa shape index (κ3) is 5.31. The quantitative estimate of drug-likeness (QED) is 0.205. The number of unbranched alkanes of at least 4 members (excludes halogenated alkanes) is 2. The van der Waals surface area contributed by atoms with Crippen LogP contribution in [-0.4, -0.2) is 31.0 Å². The van der Waals surface area contributed by atoms with Gasteiger partial charge in [0.15, 0.2) is 5.82 Å². The summed E-state index contributed by atoms with van der Waals surface area (Å²) in [5, 5.41) is 9.40. The minimum Gasteiger partial charge on any atom is -0.494 e. The predicted molar refractivity (Wildman–Crippen MR) is 160 cm³/mol. The summed E-state index contributed by atoms with van der Waals surface area (Å²) in [7, 11) is 0. The van der Waals surface area contributed by atoms with Crippen LogP contribution in [0.1, 0.15) is 37.3 Å². The van der Waals surface area contributed by atoms with Crippen LogP contribution in [0.15, 0.2) is 89.9 Å². The van der Waals surface area contributed by atoms with Crippen molar-refractivity contribution in [2.45, 2.75) is 33.1 Å². The van der Waals surface area contributed by atoms with E-state index >= 15 is 0 Å². The van der Waals surface area contributed by atoms with Gasteiger partial charge in [0.05, 0.1) is 22.5 Å². The second-order valence-electron chi connectivity index (χ2n) is 9.70. The van der Waals surface area contributed by atoms with E-state index in [1.807, 2.05) is 71.6 Å². The molecule has 3 aromatic heterocycles. The largest absolute Gasteiger partial charge is 0.494 e. The molecule has 0 aliphatic carbocycles. The molecule has 0 aliphatic heterocycles. The summed E-state index contributed by atoms with van der Waals surface area (Å²) in [6, 6.07) is 25.9. The van der Waals surface area contributed by atoms with Gasteiger partial charge in [-0.25, -0.2) is 4.68 Å². The maximum absolute atomic E-state index is 13.4. The Kier molecular flexibility index (Phi) is 7.25. The number of aromatic nitrogens is 5. The predicted octanol–water partition coefficient (Wildman–Crippen LogP) is 6.10. The van der Waals surface area contributed by atoms with Crippen LogP contribution in [0.3, 0.4) is 0 Å². The van der Waals surface area contributed by atoms with E-state index in [2.05, 4.69) is 48.2 Å². The topological polar surface area (TPSA) is 74.3 Å². The Bertz CT molecular complexity index is 1850. The van der Waals surface area contributed by atoms with Crippen molar-refractivity contribution < 1.29 is 4.74 Å². The van der Waals surface area contributed by atoms with Crippen molar-refractivity contribution in [2.24, 2.45) is 0 Å². The third-order valence-corrected chi connectivity index (χ3v) is 7.65. The summed E-state index contributed by atoms with van der Waals surface area (Å²) < 4.78 is 9.59. The molecule has 40 heavy (non-hydrogen) atoms. The van der Waals surface area contributed by atoms with Crippen molar-refractivity contribution in [2.75, 3.05) is 6.61 Å². The standard InChI is InChI=1S/C32H29N5O2S/c1-3-4-8-19-39-27-17-15-24(16-18-27)30-33-32-37(35-30)31(38)28(40-32)20-25-21-36(26-9-6-5-7-10-26)34-29(25)23-13-11-22(2)12-14-23/h5-7,9-18,20-21H,3-4,8,19H2,1-2H3. The van der Waals surface area contributed by atoms with Crippen molar-refractivity contribution in [1.82, 2.24) is 24.4 Å². The SMILES string of the molecule is CCCCCOc1ccc(-c2nc3sc(=Cc4cn(-c5ccccc5)nc4-c4ccc(C)cc4)c(=O)n3n2)cc1. The van der Waals surface area contributed by atoms with Crippen LogP contribution in [0.4, 0.5) is 0 Å². The molecule has 0 atom stereocenters. The molecule has 8 heteroatoms. The Hall–Kier alpha value is -4.56. The van der Waals surface area contributed by atoms with Crippen LogP contribution >= 0.6 is 11.3 Å². The monoisotopic (exact) mass is 547 g/mol. The number of nitrogens with zero attached hydrogens (tertiary/aromatic N) is 5. The summed E-state index contributed by atoms with van der Waals surface area (Å²) in [6.07, 6.45) is 7.21. The highest BCUT2D eigenvalue weighted by Gasteiger charge is 2.15. The fourth-order valence-corrected chi connectivity index (χ4v) is 5.38. The number of benzene rings is 3. The minimum atomic E-state index is -0.197. The molecule has 0 saturated carbocycles. The minimum absolute atomic E-state index is 0.197. The molecule has 6 rings (SSSR count). The van der Waals surface area contributed by atoms with Gasteiger partial charge in [0.25, 0.3) is 5.56 Å². The Morgan fingerprint density at radius 1 is 0.900 bits per heavy atom. The van der Waals surface area contributed by atoms with Gasteiger partial charge >= 0.3 is 0 Å². The van der Waals surface area contributed by atoms with E-state index in [1.54, 1.807) is 0 Å². The molecule has 0 saturated heterocycles. The highest BCUT2D eigenvalue weighted by Crippen LogP contribution is 2.25. The lowest BCUT2D eigenvalue weighted by Gasteiger charge is -2.05. The van der Waals surface area contributed by atoms with Crippen molar-refractivity contribution >= 4 is 22.4 Å². The van der Waals surface area contributed by atoms with Crippen LogP contribution in [-0.2, 0) is 0 Å². The molecule has 0 N–H and O–H groups in total. The van der Waals surface area contributed by atoms with Gasteiger partial charge in [-0.3, -0.25) is 4.79 Å². The van der Waals surface area contributed by atoms with E-state index in [9.17, 15) is 4.79 Å². The lowest BCUT2D eigenvalue weighted by Crippen LogP contribution is -2.23. The van der Waals surface area contributed by atoms with Crippen LogP contribution < -0.4 is 14.8 Å². The Labute approximate surface area is 236 Å². The highest BCUT2D eigenvalue weighted by molar-refractivity contribution is 7.15. The molecule has 200 valence electrons. The van der Waals surface area contributed by atoms with Gasteiger partial charge in [-0.15, -0.1) is 5.10 Å². The molecule has 0 amide bonds. The lowest BCUT2D eigenvalue weighted by atomic mass is 10.1. The van der Waals surface area contributed by atoms with Gasteiger partial charge in [-0.1, -0.05) is 79.1 Å². The molecule has 3 aromatic carbocycles. The second kappa shape index (κ2) is 11.3. The lowest BCUT2D eigenvalue weighted by molar-refractivity contribution is 0.306. The van der Waals surface area contributed by atoms with E-state index in [4.69, 9.17) is 9.84 Å². The summed E-state index contributed by atoms with van der Waals surface area (Å²) in [5.41, 5.74) is 5.41. The number of thiazole rings is 1. The van der Waals surface area contributed by atoms with Crippen LogP contribution in [0.25, 0.3) is 39.4 Å². The van der Waals surface area contributed by atoms with Gasteiger partial charge in [0.1, 0.15) is 5.75 Å². The smallest absolute Gasteiger partial charge is 0.291 e. The molecule has 6 aromatic rings. The van der Waals surface area contributed by atoms with Crippen LogP contribution in [0.2, 0.25) is 0 Å². The molecule has 0 unspecified atom stereocenters. The van der Waals surface area contributed by atoms with Crippen molar-refractivity contribution in [3.05, 3.63) is 111 Å². The van der Waals surface area contributed by atoms with Crippen LogP contribution in [0, 0.1) is 6.92 Å². The van der Waals surface area contributed by atoms with E-state index in [-0.39, 0.29) is 5.56 Å². The number of ether oxygens (including phenoxy) is 1. The average Bonchev–Trinajstić information content (AvgIpc) is 3.67. The number of para-hydroxylation sites is 1. The first kappa shape index (κ1) is 25.7. The number of hydrogen-bond acceptors (Lipinski definition) is 6. The Balaban J connectivity index is 1.33. The number of aryl methyl sites for hydroxylation is 1. The van der Waals surface area contributed by atoms with Gasteiger partial charge in [0, 0.05) is 22.9 Å². The highest BCUT2D eigenvalue weighted by atomic mass is 32.1. The third-order valence-electron chi connectivity index (χ3n) is 6.69. The Morgan fingerprint density at radius 2 is 1.65 bits per heavy atom.